The normalized spacial score (nSPS) is 12.6. The van der Waals surface area contributed by atoms with Crippen LogP contribution in [0.4, 0.5) is 0 Å². The molecule has 0 fully saturated rings. The lowest BCUT2D eigenvalue weighted by molar-refractivity contribution is -0.119. The van der Waals surface area contributed by atoms with Crippen molar-refractivity contribution in [1.82, 2.24) is 4.98 Å². The SMILES string of the molecule is CC(C(N)=O)c1cccc2cnccc12. The van der Waals surface area contributed by atoms with Gasteiger partial charge < -0.3 is 5.73 Å². The minimum absolute atomic E-state index is 0.268. The highest BCUT2D eigenvalue weighted by molar-refractivity contribution is 5.91. The molecule has 1 aromatic carbocycles. The molecule has 3 heteroatoms. The maximum Gasteiger partial charge on any atom is 0.224 e. The van der Waals surface area contributed by atoms with Crippen molar-refractivity contribution in [2.45, 2.75) is 12.8 Å². The average Bonchev–Trinajstić information content (AvgIpc) is 2.27. The molecule has 0 aliphatic carbocycles. The minimum Gasteiger partial charge on any atom is -0.369 e. The highest BCUT2D eigenvalue weighted by Crippen LogP contribution is 2.24. The van der Waals surface area contributed by atoms with Crippen molar-refractivity contribution < 1.29 is 4.79 Å². The summed E-state index contributed by atoms with van der Waals surface area (Å²) < 4.78 is 0. The first-order chi connectivity index (χ1) is 7.20. The third kappa shape index (κ3) is 1.68. The number of carbonyl (C=O) groups excluding carboxylic acids is 1. The molecule has 0 bridgehead atoms. The molecule has 76 valence electrons. The van der Waals surface area contributed by atoms with Crippen molar-refractivity contribution in [3.8, 4) is 0 Å². The Balaban J connectivity index is 2.65. The molecule has 0 aliphatic heterocycles. The Morgan fingerprint density at radius 2 is 2.20 bits per heavy atom. The maximum absolute atomic E-state index is 11.2. The molecule has 1 atom stereocenters. The van der Waals surface area contributed by atoms with Gasteiger partial charge in [-0.05, 0) is 23.9 Å². The van der Waals surface area contributed by atoms with Gasteiger partial charge in [0, 0.05) is 17.8 Å². The largest absolute Gasteiger partial charge is 0.369 e. The molecule has 0 aliphatic rings. The lowest BCUT2D eigenvalue weighted by Gasteiger charge is -2.10. The molecule has 1 amide bonds. The predicted molar refractivity (Wildman–Crippen MR) is 59.4 cm³/mol. The number of carbonyl (C=O) groups is 1. The van der Waals surface area contributed by atoms with E-state index in [-0.39, 0.29) is 11.8 Å². The van der Waals surface area contributed by atoms with E-state index in [9.17, 15) is 4.79 Å². The summed E-state index contributed by atoms with van der Waals surface area (Å²) in [5, 5.41) is 2.07. The number of hydrogen-bond donors (Lipinski definition) is 1. The van der Waals surface area contributed by atoms with Crippen molar-refractivity contribution in [2.75, 3.05) is 0 Å². The molecular weight excluding hydrogens is 188 g/mol. The van der Waals surface area contributed by atoms with Crippen molar-refractivity contribution in [3.63, 3.8) is 0 Å². The van der Waals surface area contributed by atoms with Crippen LogP contribution in [0.5, 0.6) is 0 Å². The second-order valence-corrected chi connectivity index (χ2v) is 3.57. The molecule has 2 rings (SSSR count). The van der Waals surface area contributed by atoms with Gasteiger partial charge in [-0.15, -0.1) is 0 Å². The van der Waals surface area contributed by atoms with Crippen LogP contribution >= 0.6 is 0 Å². The smallest absolute Gasteiger partial charge is 0.224 e. The number of fused-ring (bicyclic) bond motifs is 1. The third-order valence-electron chi connectivity index (χ3n) is 2.61. The fourth-order valence-electron chi connectivity index (χ4n) is 1.68. The zero-order valence-corrected chi connectivity index (χ0v) is 8.47. The van der Waals surface area contributed by atoms with E-state index in [0.29, 0.717) is 0 Å². The second kappa shape index (κ2) is 3.69. The van der Waals surface area contributed by atoms with E-state index in [2.05, 4.69) is 4.98 Å². The van der Waals surface area contributed by atoms with E-state index < -0.39 is 0 Å². The Labute approximate surface area is 87.9 Å². The minimum atomic E-state index is -0.306. The van der Waals surface area contributed by atoms with Crippen LogP contribution in [0.3, 0.4) is 0 Å². The summed E-state index contributed by atoms with van der Waals surface area (Å²) in [4.78, 5) is 15.2. The van der Waals surface area contributed by atoms with Gasteiger partial charge in [0.05, 0.1) is 5.92 Å². The van der Waals surface area contributed by atoms with Gasteiger partial charge in [0.25, 0.3) is 0 Å². The fourth-order valence-corrected chi connectivity index (χ4v) is 1.68. The zero-order chi connectivity index (χ0) is 10.8. The van der Waals surface area contributed by atoms with Crippen LogP contribution in [-0.2, 0) is 4.79 Å². The topological polar surface area (TPSA) is 56.0 Å². The van der Waals surface area contributed by atoms with Crippen molar-refractivity contribution in [3.05, 3.63) is 42.2 Å². The van der Waals surface area contributed by atoms with Gasteiger partial charge in [-0.1, -0.05) is 18.2 Å². The van der Waals surface area contributed by atoms with Crippen LogP contribution in [-0.4, -0.2) is 10.9 Å². The molecule has 2 N–H and O–H groups in total. The Morgan fingerprint density at radius 1 is 1.40 bits per heavy atom. The molecule has 0 saturated carbocycles. The number of rotatable bonds is 2. The van der Waals surface area contributed by atoms with Crippen molar-refractivity contribution >= 4 is 16.7 Å². The summed E-state index contributed by atoms with van der Waals surface area (Å²) in [5.41, 5.74) is 6.27. The number of nitrogens with two attached hydrogens (primary N) is 1. The van der Waals surface area contributed by atoms with Crippen LogP contribution < -0.4 is 5.73 Å². The first-order valence-corrected chi connectivity index (χ1v) is 4.82. The Kier molecular flexibility index (Phi) is 2.37. The molecule has 0 saturated heterocycles. The number of nitrogens with zero attached hydrogens (tertiary/aromatic N) is 1. The number of primary amides is 1. The van der Waals surface area contributed by atoms with Crippen LogP contribution in [0.1, 0.15) is 18.4 Å². The molecule has 0 spiro atoms. The van der Waals surface area contributed by atoms with Gasteiger partial charge in [-0.25, -0.2) is 0 Å². The molecule has 1 aromatic heterocycles. The number of amides is 1. The van der Waals surface area contributed by atoms with E-state index >= 15 is 0 Å². The van der Waals surface area contributed by atoms with E-state index in [4.69, 9.17) is 5.73 Å². The van der Waals surface area contributed by atoms with Crippen molar-refractivity contribution in [2.24, 2.45) is 5.73 Å². The molecule has 15 heavy (non-hydrogen) atoms. The molecule has 1 heterocycles. The summed E-state index contributed by atoms with van der Waals surface area (Å²) in [6.45, 7) is 1.82. The van der Waals surface area contributed by atoms with Crippen LogP contribution in [0.25, 0.3) is 10.8 Å². The number of hydrogen-bond acceptors (Lipinski definition) is 2. The fraction of sp³-hybridized carbons (Fsp3) is 0.167. The third-order valence-corrected chi connectivity index (χ3v) is 2.61. The van der Waals surface area contributed by atoms with E-state index in [1.807, 2.05) is 31.2 Å². The quantitative estimate of drug-likeness (QED) is 0.803. The monoisotopic (exact) mass is 200 g/mol. The lowest BCUT2D eigenvalue weighted by Crippen LogP contribution is -2.18. The first kappa shape index (κ1) is 9.65. The Bertz CT molecular complexity index is 502. The van der Waals surface area contributed by atoms with Gasteiger partial charge in [0.1, 0.15) is 0 Å². The highest BCUT2D eigenvalue weighted by Gasteiger charge is 2.13. The van der Waals surface area contributed by atoms with Gasteiger partial charge in [0.15, 0.2) is 0 Å². The molecule has 3 nitrogen and oxygen atoms in total. The standard InChI is InChI=1S/C12H12N2O/c1-8(12(13)15)10-4-2-3-9-7-14-6-5-11(9)10/h2-8H,1H3,(H2,13,15). The second-order valence-electron chi connectivity index (χ2n) is 3.57. The highest BCUT2D eigenvalue weighted by atomic mass is 16.1. The zero-order valence-electron chi connectivity index (χ0n) is 8.47. The summed E-state index contributed by atoms with van der Waals surface area (Å²) >= 11 is 0. The van der Waals surface area contributed by atoms with E-state index in [1.165, 1.54) is 0 Å². The molecule has 0 radical (unpaired) electrons. The first-order valence-electron chi connectivity index (χ1n) is 4.82. The summed E-state index contributed by atoms with van der Waals surface area (Å²) in [6, 6.07) is 7.72. The van der Waals surface area contributed by atoms with Gasteiger partial charge in [0.2, 0.25) is 5.91 Å². The van der Waals surface area contributed by atoms with Crippen LogP contribution in [0.2, 0.25) is 0 Å². The van der Waals surface area contributed by atoms with Crippen LogP contribution in [0.15, 0.2) is 36.7 Å². The van der Waals surface area contributed by atoms with Gasteiger partial charge in [-0.2, -0.15) is 0 Å². The molecular formula is C12H12N2O. The Morgan fingerprint density at radius 3 is 2.93 bits per heavy atom. The maximum atomic E-state index is 11.2. The molecule has 2 aromatic rings. The number of benzene rings is 1. The average molecular weight is 200 g/mol. The number of pyridine rings is 1. The van der Waals surface area contributed by atoms with E-state index in [1.54, 1.807) is 12.4 Å². The van der Waals surface area contributed by atoms with Crippen molar-refractivity contribution in [1.29, 1.82) is 0 Å². The Hall–Kier alpha value is -1.90. The van der Waals surface area contributed by atoms with E-state index in [0.717, 1.165) is 16.3 Å². The summed E-state index contributed by atoms with van der Waals surface area (Å²) in [5.74, 6) is -0.574. The van der Waals surface area contributed by atoms with Gasteiger partial charge in [-0.3, -0.25) is 9.78 Å². The number of aromatic nitrogens is 1. The lowest BCUT2D eigenvalue weighted by atomic mass is 9.95. The predicted octanol–water partition coefficient (Wildman–Crippen LogP) is 1.82. The van der Waals surface area contributed by atoms with Crippen LogP contribution in [0, 0.1) is 0 Å². The summed E-state index contributed by atoms with van der Waals surface area (Å²) in [6.07, 6.45) is 3.51. The van der Waals surface area contributed by atoms with Gasteiger partial charge >= 0.3 is 0 Å². The molecule has 1 unspecified atom stereocenters. The summed E-state index contributed by atoms with van der Waals surface area (Å²) in [7, 11) is 0.